The summed E-state index contributed by atoms with van der Waals surface area (Å²) in [6, 6.07) is 2.33. The van der Waals surface area contributed by atoms with Gasteiger partial charge in [0.15, 0.2) is 5.78 Å². The molecule has 0 bridgehead atoms. The van der Waals surface area contributed by atoms with Crippen molar-refractivity contribution in [3.05, 3.63) is 11.6 Å². The highest BCUT2D eigenvalue weighted by atomic mass is 16.4. The highest BCUT2D eigenvalue weighted by Crippen LogP contribution is 2.68. The minimum atomic E-state index is -0.530. The van der Waals surface area contributed by atoms with E-state index in [0.717, 1.165) is 31.4 Å². The molecule has 3 fully saturated rings. The molecule has 0 saturated heterocycles. The van der Waals surface area contributed by atoms with E-state index in [0.29, 0.717) is 30.1 Å². The quantitative estimate of drug-likeness (QED) is 0.287. The molecular formula is C24H34N2O2. The normalized spacial score (nSPS) is 47.4. The van der Waals surface area contributed by atoms with E-state index < -0.39 is 11.3 Å². The van der Waals surface area contributed by atoms with Gasteiger partial charge in [0.2, 0.25) is 0 Å². The predicted octanol–water partition coefficient (Wildman–Crippen LogP) is 5.37. The second-order valence-corrected chi connectivity index (χ2v) is 10.9. The van der Waals surface area contributed by atoms with Crippen molar-refractivity contribution < 1.29 is 10.0 Å². The maximum atomic E-state index is 12.9. The molecule has 1 N–H and O–H groups in total. The summed E-state index contributed by atoms with van der Waals surface area (Å²) in [5.74, 6) is 1.77. The van der Waals surface area contributed by atoms with Crippen molar-refractivity contribution in [3.8, 4) is 6.07 Å². The Kier molecular flexibility index (Phi) is 4.34. The van der Waals surface area contributed by atoms with E-state index in [1.165, 1.54) is 12.0 Å². The molecule has 3 saturated carbocycles. The largest absolute Gasteiger partial charge is 0.411 e. The summed E-state index contributed by atoms with van der Waals surface area (Å²) in [6.07, 6.45) is 8.69. The van der Waals surface area contributed by atoms with E-state index in [-0.39, 0.29) is 16.6 Å². The Bertz CT molecular complexity index is 804. The van der Waals surface area contributed by atoms with Gasteiger partial charge in [-0.15, -0.1) is 0 Å². The summed E-state index contributed by atoms with van der Waals surface area (Å²) in [4.78, 5) is 12.9. The third-order valence-corrected chi connectivity index (χ3v) is 9.52. The lowest BCUT2D eigenvalue weighted by Crippen LogP contribution is -2.55. The smallest absolute Gasteiger partial charge is 0.159 e. The molecule has 0 heterocycles. The van der Waals surface area contributed by atoms with Gasteiger partial charge in [0, 0.05) is 11.3 Å². The molecule has 28 heavy (non-hydrogen) atoms. The molecule has 0 radical (unpaired) electrons. The van der Waals surface area contributed by atoms with Gasteiger partial charge < -0.3 is 5.21 Å². The topological polar surface area (TPSA) is 73.5 Å². The second-order valence-electron chi connectivity index (χ2n) is 10.9. The van der Waals surface area contributed by atoms with Gasteiger partial charge in [-0.2, -0.15) is 5.26 Å². The molecule has 4 aliphatic carbocycles. The van der Waals surface area contributed by atoms with E-state index in [1.807, 2.05) is 20.8 Å². The molecule has 0 aromatic carbocycles. The number of hydrogen-bond donors (Lipinski definition) is 1. The van der Waals surface area contributed by atoms with Crippen LogP contribution < -0.4 is 0 Å². The maximum Gasteiger partial charge on any atom is 0.159 e. The number of hydrogen-bond acceptors (Lipinski definition) is 4. The number of carbonyl (C=O) groups excluding carboxylic acids is 1. The van der Waals surface area contributed by atoms with Crippen LogP contribution in [0.1, 0.15) is 73.1 Å². The highest BCUT2D eigenvalue weighted by Gasteiger charge is 2.62. The molecule has 0 aliphatic heterocycles. The van der Waals surface area contributed by atoms with Crippen molar-refractivity contribution >= 4 is 11.5 Å². The van der Waals surface area contributed by atoms with Crippen molar-refractivity contribution in [2.45, 2.75) is 73.1 Å². The van der Waals surface area contributed by atoms with Crippen molar-refractivity contribution in [1.82, 2.24) is 0 Å². The molecule has 0 spiro atoms. The van der Waals surface area contributed by atoms with Crippen LogP contribution in [0.2, 0.25) is 0 Å². The molecule has 0 amide bonds. The van der Waals surface area contributed by atoms with E-state index in [2.05, 4.69) is 31.1 Å². The fourth-order valence-electron chi connectivity index (χ4n) is 8.27. The third kappa shape index (κ3) is 2.34. The van der Waals surface area contributed by atoms with Gasteiger partial charge >= 0.3 is 0 Å². The Morgan fingerprint density at radius 2 is 1.93 bits per heavy atom. The predicted molar refractivity (Wildman–Crippen MR) is 109 cm³/mol. The summed E-state index contributed by atoms with van der Waals surface area (Å²) in [5, 5.41) is 22.6. The Balaban J connectivity index is 1.74. The van der Waals surface area contributed by atoms with Crippen LogP contribution in [0.15, 0.2) is 16.8 Å². The Hall–Kier alpha value is -1.63. The van der Waals surface area contributed by atoms with E-state index >= 15 is 0 Å². The minimum absolute atomic E-state index is 0.0553. The fourth-order valence-corrected chi connectivity index (χ4v) is 8.27. The lowest BCUT2D eigenvalue weighted by Gasteiger charge is -2.60. The number of ketones is 1. The van der Waals surface area contributed by atoms with Gasteiger partial charge in [0.05, 0.1) is 11.8 Å². The first-order valence-electron chi connectivity index (χ1n) is 10.9. The number of rotatable bonds is 1. The van der Waals surface area contributed by atoms with Gasteiger partial charge in [0.25, 0.3) is 0 Å². The van der Waals surface area contributed by atoms with Gasteiger partial charge in [-0.25, -0.2) is 0 Å². The van der Waals surface area contributed by atoms with Crippen molar-refractivity contribution in [1.29, 1.82) is 5.26 Å². The number of carbonyl (C=O) groups is 1. The first kappa shape index (κ1) is 19.7. The molecular weight excluding hydrogens is 348 g/mol. The van der Waals surface area contributed by atoms with Crippen LogP contribution in [0.25, 0.3) is 0 Å². The minimum Gasteiger partial charge on any atom is -0.411 e. The van der Waals surface area contributed by atoms with Crippen LogP contribution in [-0.4, -0.2) is 16.7 Å². The average Bonchev–Trinajstić information content (AvgIpc) is 3.01. The summed E-state index contributed by atoms with van der Waals surface area (Å²) < 4.78 is 0. The van der Waals surface area contributed by atoms with Crippen molar-refractivity contribution in [2.24, 2.45) is 51.0 Å². The Morgan fingerprint density at radius 3 is 2.57 bits per heavy atom. The number of nitriles is 1. The number of fused-ring (bicyclic) bond motifs is 5. The van der Waals surface area contributed by atoms with Crippen LogP contribution in [0.4, 0.5) is 0 Å². The summed E-state index contributed by atoms with van der Waals surface area (Å²) >= 11 is 0. The molecule has 0 unspecified atom stereocenters. The van der Waals surface area contributed by atoms with Crippen LogP contribution in [0, 0.1) is 57.2 Å². The Labute approximate surface area is 169 Å². The van der Waals surface area contributed by atoms with Gasteiger partial charge in [-0.3, -0.25) is 4.79 Å². The monoisotopic (exact) mass is 382 g/mol. The van der Waals surface area contributed by atoms with Gasteiger partial charge in [-0.1, -0.05) is 30.7 Å². The molecule has 4 rings (SSSR count). The van der Waals surface area contributed by atoms with Gasteiger partial charge in [0.1, 0.15) is 5.92 Å². The molecule has 7 atom stereocenters. The third-order valence-electron chi connectivity index (χ3n) is 9.52. The van der Waals surface area contributed by atoms with Crippen molar-refractivity contribution in [3.63, 3.8) is 0 Å². The zero-order valence-corrected chi connectivity index (χ0v) is 18.0. The average molecular weight is 383 g/mol. The molecule has 4 heteroatoms. The maximum absolute atomic E-state index is 12.9. The van der Waals surface area contributed by atoms with E-state index in [1.54, 1.807) is 0 Å². The number of allylic oxidation sites excluding steroid dienone is 2. The van der Waals surface area contributed by atoms with Crippen molar-refractivity contribution in [2.75, 3.05) is 0 Å². The highest BCUT2D eigenvalue weighted by molar-refractivity contribution is 5.93. The standard InChI is InChI=1S/C24H34N2O2/c1-14(26-28)17-7-8-18-16-6-9-20-22(2,3)21(27)15(13-25)12-24(20,5)19(16)10-11-23(17,18)4/h9,15-19,28H,6-8,10-12H2,1-5H3/b26-14-/t15-,16-,17+,18-,19-,23+,24+/m0/s1. The Morgan fingerprint density at radius 1 is 1.21 bits per heavy atom. The van der Waals surface area contributed by atoms with Crippen LogP contribution >= 0.6 is 0 Å². The van der Waals surface area contributed by atoms with E-state index in [4.69, 9.17) is 0 Å². The zero-order chi connectivity index (χ0) is 20.5. The number of Topliss-reactive ketones (excluding diaryl/α,β-unsaturated/α-hetero) is 1. The fraction of sp³-hybridized carbons (Fsp3) is 0.792. The van der Waals surface area contributed by atoms with Gasteiger partial charge in [-0.05, 0) is 87.9 Å². The summed E-state index contributed by atoms with van der Waals surface area (Å²) in [5.41, 5.74) is 1.80. The first-order valence-corrected chi connectivity index (χ1v) is 10.9. The molecule has 0 aromatic heterocycles. The van der Waals surface area contributed by atoms with E-state index in [9.17, 15) is 15.3 Å². The second kappa shape index (κ2) is 6.18. The summed E-state index contributed by atoms with van der Waals surface area (Å²) in [6.45, 7) is 10.8. The lowest BCUT2D eigenvalue weighted by molar-refractivity contribution is -0.135. The number of nitrogens with zero attached hydrogens (tertiary/aromatic N) is 2. The lowest BCUT2D eigenvalue weighted by atomic mass is 9.43. The molecule has 4 aliphatic rings. The van der Waals surface area contributed by atoms with Crippen LogP contribution in [0.5, 0.6) is 0 Å². The SMILES string of the molecule is C/C(=N/O)[C@H]1CC[C@H]2[C@@H]3CC=C4C(C)(C)C(=O)[C@H](C#N)C[C@]4(C)[C@H]3CC[C@]12C. The van der Waals surface area contributed by atoms with Crippen LogP contribution in [0.3, 0.4) is 0 Å². The zero-order valence-electron chi connectivity index (χ0n) is 18.0. The molecule has 4 nitrogen and oxygen atoms in total. The number of oxime groups is 1. The van der Waals surface area contributed by atoms with Crippen LogP contribution in [-0.2, 0) is 4.79 Å². The summed E-state index contributed by atoms with van der Waals surface area (Å²) in [7, 11) is 0. The first-order chi connectivity index (χ1) is 13.1. The molecule has 152 valence electrons. The molecule has 0 aromatic rings.